The van der Waals surface area contributed by atoms with Crippen molar-refractivity contribution < 1.29 is 4.79 Å². The van der Waals surface area contributed by atoms with Gasteiger partial charge in [0.15, 0.2) is 10.9 Å². The molecule has 0 N–H and O–H groups in total. The first-order chi connectivity index (χ1) is 11.7. The summed E-state index contributed by atoms with van der Waals surface area (Å²) >= 11 is 7.44. The number of carbonyl (C=O) groups is 1. The van der Waals surface area contributed by atoms with Gasteiger partial charge in [0.05, 0.1) is 5.75 Å². The van der Waals surface area contributed by atoms with Crippen molar-refractivity contribution in [1.29, 1.82) is 0 Å². The van der Waals surface area contributed by atoms with Gasteiger partial charge in [0.1, 0.15) is 0 Å². The minimum Gasteiger partial charge on any atom is -0.341 e. The Bertz CT molecular complexity index is 753. The van der Waals surface area contributed by atoms with Crippen molar-refractivity contribution in [1.82, 2.24) is 14.8 Å². The molecule has 7 heteroatoms. The topological polar surface area (TPSA) is 51.0 Å². The lowest BCUT2D eigenvalue weighted by molar-refractivity contribution is 0.102. The van der Waals surface area contributed by atoms with Crippen molar-refractivity contribution in [3.63, 3.8) is 0 Å². The van der Waals surface area contributed by atoms with Gasteiger partial charge in [-0.2, -0.15) is 0 Å². The Morgan fingerprint density at radius 1 is 1.25 bits per heavy atom. The van der Waals surface area contributed by atoms with Crippen LogP contribution in [0.1, 0.15) is 42.1 Å². The Balaban J connectivity index is 1.49. The fraction of sp³-hybridized carbons (Fsp3) is 0.471. The number of aromatic nitrogens is 3. The highest BCUT2D eigenvalue weighted by Crippen LogP contribution is 2.41. The third-order valence-corrected chi connectivity index (χ3v) is 5.60. The molecule has 1 aromatic carbocycles. The Hall–Kier alpha value is -1.53. The number of hydrogen-bond acceptors (Lipinski definition) is 5. The molecule has 2 fully saturated rings. The molecular formula is C17H19ClN4OS. The maximum Gasteiger partial charge on any atom is 0.228 e. The summed E-state index contributed by atoms with van der Waals surface area (Å²) in [6.07, 6.45) is 4.78. The van der Waals surface area contributed by atoms with E-state index in [0.29, 0.717) is 22.4 Å². The summed E-state index contributed by atoms with van der Waals surface area (Å²) in [5.74, 6) is 1.40. The van der Waals surface area contributed by atoms with Crippen LogP contribution >= 0.6 is 23.4 Å². The van der Waals surface area contributed by atoms with E-state index in [1.165, 1.54) is 37.4 Å². The normalized spacial score (nSPS) is 17.5. The van der Waals surface area contributed by atoms with Crippen LogP contribution in [0, 0.1) is 0 Å². The van der Waals surface area contributed by atoms with Gasteiger partial charge in [-0.1, -0.05) is 35.5 Å². The Kier molecular flexibility index (Phi) is 4.50. The van der Waals surface area contributed by atoms with Crippen LogP contribution in [0.2, 0.25) is 5.02 Å². The molecule has 1 aliphatic carbocycles. The third kappa shape index (κ3) is 3.30. The second-order valence-electron chi connectivity index (χ2n) is 6.30. The molecule has 1 saturated heterocycles. The molecule has 2 aromatic rings. The number of ketones is 1. The molecule has 0 radical (unpaired) electrons. The highest BCUT2D eigenvalue weighted by Gasteiger charge is 2.32. The summed E-state index contributed by atoms with van der Waals surface area (Å²) in [7, 11) is 0. The highest BCUT2D eigenvalue weighted by molar-refractivity contribution is 7.99. The number of Topliss-reactive ketones (excluding diaryl/α,β-unsaturated/α-hetero) is 1. The Labute approximate surface area is 150 Å². The number of nitrogens with zero attached hydrogens (tertiary/aromatic N) is 4. The zero-order chi connectivity index (χ0) is 16.5. The highest BCUT2D eigenvalue weighted by atomic mass is 35.5. The average Bonchev–Trinajstić information content (AvgIpc) is 3.11. The Morgan fingerprint density at radius 2 is 2.04 bits per heavy atom. The number of carbonyl (C=O) groups excluding carboxylic acids is 1. The van der Waals surface area contributed by atoms with Crippen LogP contribution in [0.25, 0.3) is 0 Å². The van der Waals surface area contributed by atoms with E-state index in [0.717, 1.165) is 24.2 Å². The first-order valence-corrected chi connectivity index (χ1v) is 9.70. The molecule has 5 nitrogen and oxygen atoms in total. The van der Waals surface area contributed by atoms with Crippen LogP contribution in [-0.4, -0.2) is 39.4 Å². The molecule has 0 unspecified atom stereocenters. The predicted molar refractivity (Wildman–Crippen MR) is 96.2 cm³/mol. The molecule has 1 aliphatic heterocycles. The summed E-state index contributed by atoms with van der Waals surface area (Å²) in [4.78, 5) is 14.7. The summed E-state index contributed by atoms with van der Waals surface area (Å²) in [5, 5.41) is 10.2. The quantitative estimate of drug-likeness (QED) is 0.577. The second kappa shape index (κ2) is 6.76. The van der Waals surface area contributed by atoms with Gasteiger partial charge < -0.3 is 4.90 Å². The molecule has 24 heavy (non-hydrogen) atoms. The molecule has 2 heterocycles. The number of anilines is 1. The van der Waals surface area contributed by atoms with Gasteiger partial charge in [-0.05, 0) is 37.8 Å². The first kappa shape index (κ1) is 16.0. The smallest absolute Gasteiger partial charge is 0.228 e. The van der Waals surface area contributed by atoms with Crippen LogP contribution in [0.3, 0.4) is 0 Å². The van der Waals surface area contributed by atoms with Gasteiger partial charge in [0.25, 0.3) is 0 Å². The number of benzene rings is 1. The SMILES string of the molecule is O=C(CSc1nnc(N2CCCC2)n1C1CC1)c1cccc(Cl)c1. The van der Waals surface area contributed by atoms with Crippen LogP contribution in [-0.2, 0) is 0 Å². The van der Waals surface area contributed by atoms with E-state index in [2.05, 4.69) is 19.7 Å². The van der Waals surface area contributed by atoms with Crippen molar-refractivity contribution in [2.24, 2.45) is 0 Å². The van der Waals surface area contributed by atoms with Crippen molar-refractivity contribution in [2.75, 3.05) is 23.7 Å². The molecule has 0 atom stereocenters. The fourth-order valence-electron chi connectivity index (χ4n) is 3.03. The van der Waals surface area contributed by atoms with Gasteiger partial charge in [-0.3, -0.25) is 9.36 Å². The van der Waals surface area contributed by atoms with E-state index in [4.69, 9.17) is 11.6 Å². The van der Waals surface area contributed by atoms with E-state index in [9.17, 15) is 4.79 Å². The van der Waals surface area contributed by atoms with E-state index in [-0.39, 0.29) is 5.78 Å². The Morgan fingerprint density at radius 3 is 2.75 bits per heavy atom. The predicted octanol–water partition coefficient (Wildman–Crippen LogP) is 3.84. The van der Waals surface area contributed by atoms with Crippen molar-refractivity contribution in [2.45, 2.75) is 36.9 Å². The molecule has 2 aliphatic rings. The zero-order valence-electron chi connectivity index (χ0n) is 13.3. The molecule has 4 rings (SSSR count). The molecular weight excluding hydrogens is 344 g/mol. The van der Waals surface area contributed by atoms with Crippen molar-refractivity contribution in [3.8, 4) is 0 Å². The lowest BCUT2D eigenvalue weighted by Gasteiger charge is -2.17. The zero-order valence-corrected chi connectivity index (χ0v) is 14.9. The van der Waals surface area contributed by atoms with Gasteiger partial charge in [-0.15, -0.1) is 10.2 Å². The van der Waals surface area contributed by atoms with Crippen LogP contribution in [0.4, 0.5) is 5.95 Å². The summed E-state index contributed by atoms with van der Waals surface area (Å²) < 4.78 is 2.24. The lowest BCUT2D eigenvalue weighted by Crippen LogP contribution is -2.22. The van der Waals surface area contributed by atoms with Gasteiger partial charge in [-0.25, -0.2) is 0 Å². The summed E-state index contributed by atoms with van der Waals surface area (Å²) in [6.45, 7) is 2.11. The van der Waals surface area contributed by atoms with Gasteiger partial charge in [0.2, 0.25) is 5.95 Å². The molecule has 126 valence electrons. The molecule has 1 saturated carbocycles. The molecule has 0 spiro atoms. The maximum absolute atomic E-state index is 12.4. The van der Waals surface area contributed by atoms with Gasteiger partial charge in [0, 0.05) is 29.7 Å². The minimum absolute atomic E-state index is 0.0653. The van der Waals surface area contributed by atoms with E-state index in [1.54, 1.807) is 24.3 Å². The minimum atomic E-state index is 0.0653. The molecule has 1 aromatic heterocycles. The standard InChI is InChI=1S/C17H19ClN4OS/c18-13-5-3-4-12(10-13)15(23)11-24-17-20-19-16(21-8-1-2-9-21)22(17)14-6-7-14/h3-5,10,14H,1-2,6-9,11H2. The van der Waals surface area contributed by atoms with Crippen molar-refractivity contribution in [3.05, 3.63) is 34.9 Å². The second-order valence-corrected chi connectivity index (χ2v) is 7.68. The lowest BCUT2D eigenvalue weighted by atomic mass is 10.1. The number of hydrogen-bond donors (Lipinski definition) is 0. The fourth-order valence-corrected chi connectivity index (χ4v) is 4.11. The number of halogens is 1. The van der Waals surface area contributed by atoms with Gasteiger partial charge >= 0.3 is 0 Å². The third-order valence-electron chi connectivity index (χ3n) is 4.43. The molecule has 0 bridgehead atoms. The van der Waals surface area contributed by atoms with Crippen LogP contribution in [0.5, 0.6) is 0 Å². The largest absolute Gasteiger partial charge is 0.341 e. The monoisotopic (exact) mass is 362 g/mol. The van der Waals surface area contributed by atoms with E-state index < -0.39 is 0 Å². The van der Waals surface area contributed by atoms with E-state index in [1.807, 2.05) is 0 Å². The van der Waals surface area contributed by atoms with Crippen molar-refractivity contribution >= 4 is 35.1 Å². The summed E-state index contributed by atoms with van der Waals surface area (Å²) in [5.41, 5.74) is 0.646. The maximum atomic E-state index is 12.4. The molecule has 0 amide bonds. The van der Waals surface area contributed by atoms with Crippen LogP contribution in [0.15, 0.2) is 29.4 Å². The van der Waals surface area contributed by atoms with E-state index >= 15 is 0 Å². The number of thioether (sulfide) groups is 1. The number of rotatable bonds is 6. The van der Waals surface area contributed by atoms with Crippen LogP contribution < -0.4 is 4.90 Å². The first-order valence-electron chi connectivity index (χ1n) is 8.34. The average molecular weight is 363 g/mol. The summed E-state index contributed by atoms with van der Waals surface area (Å²) in [6, 6.07) is 7.59.